The molecule has 5 heterocycles. The van der Waals surface area contributed by atoms with Crippen molar-refractivity contribution in [1.82, 2.24) is 9.80 Å². The molecule has 11 heteroatoms. The maximum Gasteiger partial charge on any atom is 0.289 e. The van der Waals surface area contributed by atoms with Gasteiger partial charge < -0.3 is 38.4 Å². The molecular formula is C44H58N2O8S. The third kappa shape index (κ3) is 7.82. The van der Waals surface area contributed by atoms with Crippen molar-refractivity contribution in [1.29, 1.82) is 0 Å². The zero-order valence-electron chi connectivity index (χ0n) is 33.3. The summed E-state index contributed by atoms with van der Waals surface area (Å²) in [7, 11) is 6.75. The lowest BCUT2D eigenvalue weighted by molar-refractivity contribution is -0.171. The Morgan fingerprint density at radius 1 is 0.909 bits per heavy atom. The molecule has 1 aromatic heterocycles. The highest BCUT2D eigenvalue weighted by Crippen LogP contribution is 2.50. The Morgan fingerprint density at radius 2 is 1.58 bits per heavy atom. The molecular weight excluding hydrogens is 717 g/mol. The van der Waals surface area contributed by atoms with Crippen LogP contribution in [0.4, 0.5) is 0 Å². The van der Waals surface area contributed by atoms with Crippen molar-refractivity contribution < 1.29 is 38.3 Å². The summed E-state index contributed by atoms with van der Waals surface area (Å²) >= 11 is 1.65. The number of methoxy groups -OCH3 is 4. The number of hydrogen-bond acceptors (Lipinski definition) is 10. The van der Waals surface area contributed by atoms with Gasteiger partial charge in [-0.25, -0.2) is 0 Å². The molecule has 0 aliphatic carbocycles. The van der Waals surface area contributed by atoms with Gasteiger partial charge in [-0.2, -0.15) is 11.3 Å². The molecule has 0 unspecified atom stereocenters. The average molecular weight is 775 g/mol. The minimum atomic E-state index is -0.596. The van der Waals surface area contributed by atoms with Gasteiger partial charge >= 0.3 is 0 Å². The number of carbonyl (C=O) groups is 1. The van der Waals surface area contributed by atoms with Crippen LogP contribution >= 0.6 is 11.3 Å². The number of fused-ring (bicyclic) bond motifs is 4. The summed E-state index contributed by atoms with van der Waals surface area (Å²) < 4.78 is 35.9. The van der Waals surface area contributed by atoms with Crippen LogP contribution in [0.1, 0.15) is 91.8 Å². The Balaban J connectivity index is 1.26. The first kappa shape index (κ1) is 39.5. The number of allylic oxidation sites excluding steroid dienone is 1. The van der Waals surface area contributed by atoms with Crippen LogP contribution in [0, 0.1) is 17.8 Å². The molecule has 0 radical (unpaired) electrons. The third-order valence-corrected chi connectivity index (χ3v) is 13.3. The van der Waals surface area contributed by atoms with Crippen LogP contribution < -0.4 is 18.9 Å². The van der Waals surface area contributed by atoms with E-state index < -0.39 is 6.29 Å². The Labute approximate surface area is 330 Å². The number of thiophene rings is 1. The van der Waals surface area contributed by atoms with E-state index in [1.165, 1.54) is 16.7 Å². The Kier molecular flexibility index (Phi) is 12.6. The van der Waals surface area contributed by atoms with Crippen LogP contribution in [0.15, 0.2) is 52.9 Å². The van der Waals surface area contributed by atoms with Crippen LogP contribution in [-0.4, -0.2) is 88.4 Å². The Bertz CT molecular complexity index is 1810. The number of aliphatic hydroxyl groups excluding tert-OH is 1. The summed E-state index contributed by atoms with van der Waals surface area (Å²) in [6.07, 6.45) is 7.33. The maximum absolute atomic E-state index is 15.1. The largest absolute Gasteiger partial charge is 0.493 e. The van der Waals surface area contributed by atoms with E-state index in [4.69, 9.17) is 28.4 Å². The van der Waals surface area contributed by atoms with Gasteiger partial charge in [-0.3, -0.25) is 9.69 Å². The van der Waals surface area contributed by atoms with Gasteiger partial charge in [0.15, 0.2) is 28.8 Å². The highest BCUT2D eigenvalue weighted by atomic mass is 32.1. The summed E-state index contributed by atoms with van der Waals surface area (Å²) in [5.41, 5.74) is 6.08. The van der Waals surface area contributed by atoms with Gasteiger partial charge in [0.2, 0.25) is 6.29 Å². The third-order valence-electron chi connectivity index (χ3n) is 12.6. The molecule has 298 valence electrons. The molecule has 0 bridgehead atoms. The summed E-state index contributed by atoms with van der Waals surface area (Å²) in [6, 6.07) is 10.7. The van der Waals surface area contributed by atoms with E-state index in [-0.39, 0.29) is 36.4 Å². The molecule has 7 atom stereocenters. The van der Waals surface area contributed by atoms with Crippen LogP contribution in [0.25, 0.3) is 0 Å². The van der Waals surface area contributed by atoms with Gasteiger partial charge in [-0.15, -0.1) is 0 Å². The van der Waals surface area contributed by atoms with Gasteiger partial charge in [-0.05, 0) is 132 Å². The van der Waals surface area contributed by atoms with Gasteiger partial charge in [0, 0.05) is 50.7 Å². The minimum Gasteiger partial charge on any atom is -0.493 e. The molecule has 0 spiro atoms. The summed E-state index contributed by atoms with van der Waals surface area (Å²) in [6.45, 7) is 7.40. The predicted molar refractivity (Wildman–Crippen MR) is 213 cm³/mol. The van der Waals surface area contributed by atoms with Crippen LogP contribution in [0.2, 0.25) is 0 Å². The second-order valence-corrected chi connectivity index (χ2v) is 16.1. The quantitative estimate of drug-likeness (QED) is 0.177. The molecule has 55 heavy (non-hydrogen) atoms. The highest BCUT2D eigenvalue weighted by molar-refractivity contribution is 7.08. The van der Waals surface area contributed by atoms with Crippen molar-refractivity contribution in [3.63, 3.8) is 0 Å². The average Bonchev–Trinajstić information content (AvgIpc) is 3.76. The molecule has 3 aromatic rings. The number of aliphatic hydroxyl groups is 1. The van der Waals surface area contributed by atoms with E-state index in [1.807, 2.05) is 13.0 Å². The standard InChI is InChI=1S/C44H58N2O8S/c1-7-27-25-45-14-11-28-20-38(49-3)40(51-5)23-34(28)36(45)18-31(27)19-37-35-24-41(52-6)39(50-4)21-29(35)12-15-46(37)43(48)42-22-33(30-13-17-55-26-30)32(10-9-16-47)44(54-42)53-8-2/h13,17,20-24,26-27,31-33,36-37,44,47H,7-12,14-16,18-19,25H2,1-6H3/t27-,31+,32-,33-,36-,37+,44-/m0/s1. The van der Waals surface area contributed by atoms with Crippen molar-refractivity contribution in [2.75, 3.05) is 61.3 Å². The molecule has 4 aliphatic heterocycles. The molecule has 1 saturated heterocycles. The monoisotopic (exact) mass is 774 g/mol. The van der Waals surface area contributed by atoms with Gasteiger partial charge in [-0.1, -0.05) is 13.3 Å². The van der Waals surface area contributed by atoms with E-state index in [2.05, 4.69) is 57.8 Å². The van der Waals surface area contributed by atoms with Gasteiger partial charge in [0.1, 0.15) is 0 Å². The van der Waals surface area contributed by atoms with Crippen LogP contribution in [0.3, 0.4) is 0 Å². The van der Waals surface area contributed by atoms with E-state index in [0.29, 0.717) is 55.1 Å². The van der Waals surface area contributed by atoms with Crippen molar-refractivity contribution in [3.8, 4) is 23.0 Å². The summed E-state index contributed by atoms with van der Waals surface area (Å²) in [4.78, 5) is 19.8. The molecule has 2 aromatic carbocycles. The van der Waals surface area contributed by atoms with Crippen molar-refractivity contribution in [2.24, 2.45) is 17.8 Å². The second-order valence-electron chi connectivity index (χ2n) is 15.3. The fourth-order valence-corrected chi connectivity index (χ4v) is 10.5. The number of piperidine rings is 1. The normalized spacial score (nSPS) is 26.2. The molecule has 1 fully saturated rings. The van der Waals surface area contributed by atoms with Gasteiger partial charge in [0.25, 0.3) is 5.91 Å². The van der Waals surface area contributed by atoms with Crippen molar-refractivity contribution in [2.45, 2.75) is 83.1 Å². The SMILES string of the molecule is CCO[C@H]1OC(C(=O)N2CCc3cc(OC)c(OC)cc3[C@H]2C[C@H]2C[C@H]3c4cc(OC)c(OC)cc4CCN3C[C@@H]2CC)=C[C@@H](c2ccsc2)[C@@H]1CCCO. The topological polar surface area (TPSA) is 99.2 Å². The summed E-state index contributed by atoms with van der Waals surface area (Å²) in [5, 5.41) is 14.0. The Morgan fingerprint density at radius 3 is 2.22 bits per heavy atom. The second kappa shape index (κ2) is 17.6. The smallest absolute Gasteiger partial charge is 0.289 e. The van der Waals surface area contributed by atoms with E-state index in [9.17, 15) is 5.11 Å². The first-order valence-corrected chi connectivity index (χ1v) is 21.0. The Hall–Kier alpha value is -3.77. The lowest BCUT2D eigenvalue weighted by Gasteiger charge is -2.49. The van der Waals surface area contributed by atoms with E-state index in [1.54, 1.807) is 39.8 Å². The fraction of sp³-hybridized carbons (Fsp3) is 0.568. The van der Waals surface area contributed by atoms with Crippen LogP contribution in [-0.2, 0) is 27.1 Å². The predicted octanol–water partition coefficient (Wildman–Crippen LogP) is 7.69. The van der Waals surface area contributed by atoms with E-state index >= 15 is 4.79 Å². The first-order valence-electron chi connectivity index (χ1n) is 20.0. The molecule has 1 amide bonds. The molecule has 0 saturated carbocycles. The van der Waals surface area contributed by atoms with Crippen LogP contribution in [0.5, 0.6) is 23.0 Å². The fourth-order valence-electron chi connectivity index (χ4n) is 9.81. The molecule has 1 N–H and O–H groups in total. The number of benzene rings is 2. The number of rotatable bonds is 14. The summed E-state index contributed by atoms with van der Waals surface area (Å²) in [5.74, 6) is 3.87. The number of carbonyl (C=O) groups excluding carboxylic acids is 1. The zero-order valence-corrected chi connectivity index (χ0v) is 34.1. The highest BCUT2D eigenvalue weighted by Gasteiger charge is 2.44. The minimum absolute atomic E-state index is 0.0275. The lowest BCUT2D eigenvalue weighted by Crippen LogP contribution is -2.48. The lowest BCUT2D eigenvalue weighted by atomic mass is 9.72. The number of hydrogen-bond donors (Lipinski definition) is 1. The van der Waals surface area contributed by atoms with E-state index in [0.717, 1.165) is 67.8 Å². The molecule has 4 aliphatic rings. The van der Waals surface area contributed by atoms with Crippen molar-refractivity contribution in [3.05, 3.63) is 80.7 Å². The molecule has 7 rings (SSSR count). The number of amides is 1. The first-order chi connectivity index (χ1) is 26.8. The van der Waals surface area contributed by atoms with Crippen molar-refractivity contribution >= 4 is 17.2 Å². The zero-order chi connectivity index (χ0) is 38.6. The maximum atomic E-state index is 15.1. The van der Waals surface area contributed by atoms with Gasteiger partial charge in [0.05, 0.1) is 34.5 Å². The number of nitrogens with zero attached hydrogens (tertiary/aromatic N) is 2. The number of ether oxygens (including phenoxy) is 6. The molecule has 10 nitrogen and oxygen atoms in total.